The van der Waals surface area contributed by atoms with Crippen LogP contribution in [0.5, 0.6) is 0 Å². The van der Waals surface area contributed by atoms with Crippen LogP contribution in [0.25, 0.3) is 0 Å². The zero-order valence-electron chi connectivity index (χ0n) is 20.0. The fourth-order valence-corrected chi connectivity index (χ4v) is 6.67. The van der Waals surface area contributed by atoms with Crippen LogP contribution in [0.4, 0.5) is 0 Å². The molecule has 1 N–H and O–H groups in total. The molecule has 3 aliphatic rings. The van der Waals surface area contributed by atoms with Gasteiger partial charge in [-0.25, -0.2) is 0 Å². The van der Waals surface area contributed by atoms with Crippen LogP contribution in [0.2, 0.25) is 0 Å². The van der Waals surface area contributed by atoms with Crippen LogP contribution in [0.1, 0.15) is 45.4 Å². The second-order valence-corrected chi connectivity index (χ2v) is 10.5. The van der Waals surface area contributed by atoms with Crippen molar-refractivity contribution in [3.63, 3.8) is 0 Å². The van der Waals surface area contributed by atoms with Crippen molar-refractivity contribution in [3.8, 4) is 0 Å². The van der Waals surface area contributed by atoms with Gasteiger partial charge in [0.25, 0.3) is 0 Å². The lowest BCUT2D eigenvalue weighted by Gasteiger charge is -2.37. The molecule has 3 aliphatic heterocycles. The quantitative estimate of drug-likeness (QED) is 0.157. The molecule has 2 amide bonds. The Labute approximate surface area is 210 Å². The van der Waals surface area contributed by atoms with E-state index in [1.54, 1.807) is 15.9 Å². The van der Waals surface area contributed by atoms with E-state index in [0.29, 0.717) is 38.9 Å². The van der Waals surface area contributed by atoms with E-state index in [1.165, 1.54) is 6.08 Å². The number of nitrogens with zero attached hydrogens (tertiary/aromatic N) is 2. The maximum atomic E-state index is 14.0. The lowest BCUT2D eigenvalue weighted by Crippen LogP contribution is -2.57. The lowest BCUT2D eigenvalue weighted by atomic mass is 9.70. The number of hydrogen-bond donors (Lipinski definition) is 1. The summed E-state index contributed by atoms with van der Waals surface area (Å²) in [6.45, 7) is 10.8. The number of likely N-dealkylation sites (tertiary alicyclic amines) is 1. The van der Waals surface area contributed by atoms with Crippen molar-refractivity contribution >= 4 is 33.7 Å². The highest BCUT2D eigenvalue weighted by molar-refractivity contribution is 9.09. The molecular formula is C25H37BrN2O6. The van der Waals surface area contributed by atoms with Gasteiger partial charge in [-0.05, 0) is 25.7 Å². The third kappa shape index (κ3) is 4.84. The normalized spacial score (nSPS) is 31.4. The number of hydrogen-bond acceptors (Lipinski definition) is 6. The van der Waals surface area contributed by atoms with Crippen LogP contribution in [-0.4, -0.2) is 88.1 Å². The maximum absolute atomic E-state index is 14.0. The summed E-state index contributed by atoms with van der Waals surface area (Å²) in [4.78, 5) is 43.9. The zero-order chi connectivity index (χ0) is 24.9. The Hall–Kier alpha value is -1.71. The summed E-state index contributed by atoms with van der Waals surface area (Å²) in [6.07, 6.45) is 7.07. The van der Waals surface area contributed by atoms with E-state index in [4.69, 9.17) is 9.47 Å². The smallest absolute Gasteiger partial charge is 0.312 e. The number of aliphatic hydroxyl groups excluding tert-OH is 1. The van der Waals surface area contributed by atoms with Crippen LogP contribution >= 0.6 is 15.9 Å². The summed E-state index contributed by atoms with van der Waals surface area (Å²) in [6, 6.07) is -0.826. The molecule has 3 fully saturated rings. The Morgan fingerprint density at radius 2 is 2.06 bits per heavy atom. The van der Waals surface area contributed by atoms with Crippen molar-refractivity contribution in [2.24, 2.45) is 11.8 Å². The minimum Gasteiger partial charge on any atom is -0.461 e. The van der Waals surface area contributed by atoms with Gasteiger partial charge in [0.2, 0.25) is 11.8 Å². The van der Waals surface area contributed by atoms with Crippen molar-refractivity contribution < 1.29 is 29.0 Å². The molecule has 6 atom stereocenters. The molecule has 8 nitrogen and oxygen atoms in total. The summed E-state index contributed by atoms with van der Waals surface area (Å²) >= 11 is 3.65. The number of alkyl halides is 1. The number of unbranched alkanes of at least 4 members (excludes halogenated alkanes) is 3. The molecule has 0 aromatic rings. The number of carbonyl (C=O) groups is 3. The summed E-state index contributed by atoms with van der Waals surface area (Å²) in [5, 5.41) is 9.27. The van der Waals surface area contributed by atoms with E-state index in [0.717, 1.165) is 19.3 Å². The van der Waals surface area contributed by atoms with Gasteiger partial charge >= 0.3 is 5.97 Å². The van der Waals surface area contributed by atoms with E-state index >= 15 is 0 Å². The zero-order valence-corrected chi connectivity index (χ0v) is 21.6. The molecule has 3 saturated heterocycles. The fraction of sp³-hybridized carbons (Fsp3) is 0.720. The van der Waals surface area contributed by atoms with Gasteiger partial charge in [-0.2, -0.15) is 0 Å². The highest BCUT2D eigenvalue weighted by Crippen LogP contribution is 2.60. The van der Waals surface area contributed by atoms with Crippen LogP contribution in [-0.2, 0) is 23.9 Å². The second-order valence-electron chi connectivity index (χ2n) is 9.32. The van der Waals surface area contributed by atoms with Crippen LogP contribution in [0.15, 0.2) is 25.3 Å². The number of rotatable bonds is 14. The van der Waals surface area contributed by atoms with E-state index in [1.807, 2.05) is 0 Å². The van der Waals surface area contributed by atoms with Gasteiger partial charge in [0.05, 0.1) is 17.9 Å². The highest BCUT2D eigenvalue weighted by atomic mass is 79.9. The third-order valence-corrected chi connectivity index (χ3v) is 7.98. The molecule has 0 radical (unpaired) electrons. The van der Waals surface area contributed by atoms with Gasteiger partial charge < -0.3 is 24.4 Å². The Bertz CT molecular complexity index is 791. The first-order valence-corrected chi connectivity index (χ1v) is 13.2. The maximum Gasteiger partial charge on any atom is 0.312 e. The molecule has 9 heteroatoms. The van der Waals surface area contributed by atoms with Crippen molar-refractivity contribution in [2.75, 3.05) is 32.8 Å². The van der Waals surface area contributed by atoms with E-state index in [-0.39, 0.29) is 29.9 Å². The van der Waals surface area contributed by atoms with Crippen molar-refractivity contribution in [2.45, 2.75) is 68.0 Å². The van der Waals surface area contributed by atoms with E-state index in [2.05, 4.69) is 36.0 Å². The number of esters is 1. The van der Waals surface area contributed by atoms with Crippen molar-refractivity contribution in [3.05, 3.63) is 25.3 Å². The van der Waals surface area contributed by atoms with Crippen LogP contribution in [0, 0.1) is 11.8 Å². The Balaban J connectivity index is 1.97. The highest BCUT2D eigenvalue weighted by Gasteiger charge is 2.77. The molecule has 3 rings (SSSR count). The standard InChI is InChI=1S/C25H37BrN2O6/c1-4-7-8-12-27(11-5-2)23(31)21-25-16-17(26)20(34-25)18(24(32)33-15-6-3)19(25)22(30)28(21)13-9-10-14-29/h5-6,17-21,29H,2-4,7-16H2,1H3/t17?,18-,19+,20-,21?,25?/m1/s1. The molecule has 34 heavy (non-hydrogen) atoms. The molecule has 190 valence electrons. The van der Waals surface area contributed by atoms with Gasteiger partial charge in [0.1, 0.15) is 18.2 Å². The minimum atomic E-state index is -1.09. The molecule has 0 aliphatic carbocycles. The lowest BCUT2D eigenvalue weighted by molar-refractivity contribution is -0.154. The predicted molar refractivity (Wildman–Crippen MR) is 131 cm³/mol. The van der Waals surface area contributed by atoms with Gasteiger partial charge in [0, 0.05) is 31.1 Å². The van der Waals surface area contributed by atoms with Gasteiger partial charge in [0.15, 0.2) is 0 Å². The first-order valence-electron chi connectivity index (χ1n) is 12.3. The molecule has 0 aromatic heterocycles. The molecule has 3 heterocycles. The monoisotopic (exact) mass is 540 g/mol. The Kier molecular flexibility index (Phi) is 9.34. The molecular weight excluding hydrogens is 504 g/mol. The average molecular weight is 541 g/mol. The number of halogens is 1. The Morgan fingerprint density at radius 3 is 2.71 bits per heavy atom. The van der Waals surface area contributed by atoms with Crippen molar-refractivity contribution in [1.82, 2.24) is 9.80 Å². The second kappa shape index (κ2) is 11.8. The number of aliphatic hydroxyl groups is 1. The fourth-order valence-electron chi connectivity index (χ4n) is 5.72. The first kappa shape index (κ1) is 26.9. The van der Waals surface area contributed by atoms with Crippen LogP contribution in [0.3, 0.4) is 0 Å². The van der Waals surface area contributed by atoms with Gasteiger partial charge in [-0.1, -0.05) is 54.4 Å². The van der Waals surface area contributed by atoms with E-state index < -0.39 is 35.6 Å². The molecule has 0 aromatic carbocycles. The predicted octanol–water partition coefficient (Wildman–Crippen LogP) is 2.44. The minimum absolute atomic E-state index is 0.00732. The average Bonchev–Trinajstić information content (AvgIpc) is 3.40. The van der Waals surface area contributed by atoms with Crippen molar-refractivity contribution in [1.29, 1.82) is 0 Å². The van der Waals surface area contributed by atoms with Gasteiger partial charge in [-0.3, -0.25) is 14.4 Å². The summed E-state index contributed by atoms with van der Waals surface area (Å²) in [5.41, 5.74) is -1.09. The summed E-state index contributed by atoms with van der Waals surface area (Å²) in [5.74, 6) is -2.46. The summed E-state index contributed by atoms with van der Waals surface area (Å²) in [7, 11) is 0. The molecule has 0 saturated carbocycles. The van der Waals surface area contributed by atoms with Gasteiger partial charge in [-0.15, -0.1) is 6.58 Å². The molecule has 2 bridgehead atoms. The number of carbonyl (C=O) groups excluding carboxylic acids is 3. The molecule has 3 unspecified atom stereocenters. The topological polar surface area (TPSA) is 96.4 Å². The largest absolute Gasteiger partial charge is 0.461 e. The first-order chi connectivity index (χ1) is 16.4. The third-order valence-electron chi connectivity index (χ3n) is 7.14. The van der Waals surface area contributed by atoms with E-state index in [9.17, 15) is 19.5 Å². The number of amides is 2. The SMILES string of the molecule is C=CCOC(=O)[C@H]1[C@@H]2OC3(CC2Br)C(C(=O)N(CC=C)CCCCC)N(CCCCO)C(=O)[C@H]13. The number of ether oxygens (including phenoxy) is 2. The Morgan fingerprint density at radius 1 is 1.29 bits per heavy atom. The number of fused-ring (bicyclic) bond motifs is 1. The summed E-state index contributed by atoms with van der Waals surface area (Å²) < 4.78 is 11.8. The van der Waals surface area contributed by atoms with Crippen LogP contribution < -0.4 is 0 Å². The molecule has 1 spiro atoms.